The topological polar surface area (TPSA) is 85.3 Å². The Morgan fingerprint density at radius 1 is 1.15 bits per heavy atom. The van der Waals surface area contributed by atoms with E-state index in [-0.39, 0.29) is 17.5 Å². The van der Waals surface area contributed by atoms with Crippen LogP contribution in [0.15, 0.2) is 9.31 Å². The Labute approximate surface area is 122 Å². The summed E-state index contributed by atoms with van der Waals surface area (Å²) in [5, 5.41) is 0. The molecule has 1 heterocycles. The second-order valence-corrected chi connectivity index (χ2v) is 7.37. The normalized spacial score (nSPS) is 13.9. The van der Waals surface area contributed by atoms with Crippen molar-refractivity contribution >= 4 is 10.0 Å². The molecule has 0 radical (unpaired) electrons. The van der Waals surface area contributed by atoms with Crippen molar-refractivity contribution in [3.63, 3.8) is 0 Å². The van der Waals surface area contributed by atoms with E-state index in [4.69, 9.17) is 10.2 Å². The first-order valence-electron chi connectivity index (χ1n) is 7.00. The summed E-state index contributed by atoms with van der Waals surface area (Å²) in [6.45, 7) is 9.66. The number of nitrogens with two attached hydrogens (primary N) is 1. The zero-order chi connectivity index (χ0) is 15.5. The van der Waals surface area contributed by atoms with Gasteiger partial charge in [-0.3, -0.25) is 0 Å². The highest BCUT2D eigenvalue weighted by molar-refractivity contribution is 7.89. The third kappa shape index (κ3) is 4.07. The average molecular weight is 302 g/mol. The molecular formula is C14H26N2O3S. The van der Waals surface area contributed by atoms with E-state index in [0.717, 1.165) is 12.8 Å². The summed E-state index contributed by atoms with van der Waals surface area (Å²) >= 11 is 0. The van der Waals surface area contributed by atoms with Crippen LogP contribution in [0.25, 0.3) is 0 Å². The Kier molecular flexibility index (Phi) is 5.79. The van der Waals surface area contributed by atoms with Gasteiger partial charge in [0.1, 0.15) is 16.4 Å². The summed E-state index contributed by atoms with van der Waals surface area (Å²) < 4.78 is 33.1. The second-order valence-electron chi connectivity index (χ2n) is 5.72. The van der Waals surface area contributed by atoms with Crippen molar-refractivity contribution in [2.75, 3.05) is 0 Å². The molecule has 1 aromatic rings. The molecule has 0 saturated carbocycles. The molecule has 0 amide bonds. The van der Waals surface area contributed by atoms with Gasteiger partial charge in [0.15, 0.2) is 0 Å². The summed E-state index contributed by atoms with van der Waals surface area (Å²) in [4.78, 5) is 0.203. The van der Waals surface area contributed by atoms with Gasteiger partial charge in [0.2, 0.25) is 10.0 Å². The number of rotatable bonds is 7. The number of furan rings is 1. The summed E-state index contributed by atoms with van der Waals surface area (Å²) in [5.74, 6) is 1.52. The van der Waals surface area contributed by atoms with Crippen LogP contribution < -0.4 is 10.5 Å². The van der Waals surface area contributed by atoms with Crippen molar-refractivity contribution in [1.82, 2.24) is 4.72 Å². The molecule has 5 nitrogen and oxygen atoms in total. The summed E-state index contributed by atoms with van der Waals surface area (Å²) in [6, 6.07) is -0.109. The van der Waals surface area contributed by atoms with E-state index in [1.54, 1.807) is 13.8 Å². The van der Waals surface area contributed by atoms with E-state index >= 15 is 0 Å². The summed E-state index contributed by atoms with van der Waals surface area (Å²) in [6.07, 6.45) is 1.79. The fraction of sp³-hybridized carbons (Fsp3) is 0.714. The largest absolute Gasteiger partial charge is 0.465 e. The SMILES string of the molecule is Cc1oc(C)c(S(=O)(=O)NC(C)CCC(C)C)c1CN. The molecule has 20 heavy (non-hydrogen) atoms. The molecule has 1 atom stereocenters. The van der Waals surface area contributed by atoms with Crippen LogP contribution in [0.2, 0.25) is 0 Å². The van der Waals surface area contributed by atoms with Crippen LogP contribution in [0.5, 0.6) is 0 Å². The molecule has 0 aliphatic rings. The van der Waals surface area contributed by atoms with Crippen molar-refractivity contribution in [3.05, 3.63) is 17.1 Å². The maximum Gasteiger partial charge on any atom is 0.244 e. The van der Waals surface area contributed by atoms with E-state index < -0.39 is 10.0 Å². The molecule has 1 unspecified atom stereocenters. The lowest BCUT2D eigenvalue weighted by Gasteiger charge is -2.15. The zero-order valence-corrected chi connectivity index (χ0v) is 13.8. The third-order valence-corrected chi connectivity index (χ3v) is 5.12. The summed E-state index contributed by atoms with van der Waals surface area (Å²) in [7, 11) is -3.58. The predicted molar refractivity (Wildman–Crippen MR) is 79.9 cm³/mol. The highest BCUT2D eigenvalue weighted by Gasteiger charge is 2.27. The highest BCUT2D eigenvalue weighted by atomic mass is 32.2. The van der Waals surface area contributed by atoms with Crippen LogP contribution in [-0.4, -0.2) is 14.5 Å². The van der Waals surface area contributed by atoms with Gasteiger partial charge in [-0.15, -0.1) is 0 Å². The maximum atomic E-state index is 12.5. The number of aryl methyl sites for hydroxylation is 2. The number of sulfonamides is 1. The van der Waals surface area contributed by atoms with Crippen LogP contribution in [0, 0.1) is 19.8 Å². The molecule has 0 aliphatic carbocycles. The van der Waals surface area contributed by atoms with E-state index in [2.05, 4.69) is 18.6 Å². The van der Waals surface area contributed by atoms with Crippen molar-refractivity contribution < 1.29 is 12.8 Å². The first kappa shape index (κ1) is 17.2. The van der Waals surface area contributed by atoms with E-state index in [1.165, 1.54) is 0 Å². The lowest BCUT2D eigenvalue weighted by Crippen LogP contribution is -2.33. The van der Waals surface area contributed by atoms with Crippen molar-refractivity contribution in [1.29, 1.82) is 0 Å². The molecule has 1 rings (SSSR count). The Morgan fingerprint density at radius 2 is 1.75 bits per heavy atom. The van der Waals surface area contributed by atoms with Crippen LogP contribution in [-0.2, 0) is 16.6 Å². The van der Waals surface area contributed by atoms with Gasteiger partial charge >= 0.3 is 0 Å². The molecule has 0 fully saturated rings. The fourth-order valence-corrected chi connectivity index (χ4v) is 4.00. The molecule has 6 heteroatoms. The van der Waals surface area contributed by atoms with Crippen LogP contribution in [0.1, 0.15) is 50.7 Å². The lowest BCUT2D eigenvalue weighted by atomic mass is 10.1. The monoisotopic (exact) mass is 302 g/mol. The lowest BCUT2D eigenvalue weighted by molar-refractivity contribution is 0.480. The minimum absolute atomic E-state index is 0.109. The second kappa shape index (κ2) is 6.74. The summed E-state index contributed by atoms with van der Waals surface area (Å²) in [5.41, 5.74) is 6.20. The molecule has 0 saturated heterocycles. The predicted octanol–water partition coefficient (Wildman–Crippen LogP) is 2.46. The molecule has 1 aromatic heterocycles. The minimum atomic E-state index is -3.58. The Morgan fingerprint density at radius 3 is 2.25 bits per heavy atom. The fourth-order valence-electron chi connectivity index (χ4n) is 2.26. The van der Waals surface area contributed by atoms with E-state index in [0.29, 0.717) is 23.0 Å². The molecule has 116 valence electrons. The van der Waals surface area contributed by atoms with Gasteiger partial charge in [0, 0.05) is 18.2 Å². The third-order valence-electron chi connectivity index (χ3n) is 3.33. The first-order valence-corrected chi connectivity index (χ1v) is 8.48. The van der Waals surface area contributed by atoms with Gasteiger partial charge in [-0.1, -0.05) is 13.8 Å². The standard InChI is InChI=1S/C14H26N2O3S/c1-9(2)6-7-10(3)16-20(17,18)14-12(5)19-11(4)13(14)8-15/h9-10,16H,6-8,15H2,1-5H3. The minimum Gasteiger partial charge on any atom is -0.465 e. The molecule has 0 aliphatic heterocycles. The van der Waals surface area contributed by atoms with Crippen molar-refractivity contribution in [3.8, 4) is 0 Å². The van der Waals surface area contributed by atoms with E-state index in [1.807, 2.05) is 6.92 Å². The zero-order valence-electron chi connectivity index (χ0n) is 13.0. The maximum absolute atomic E-state index is 12.5. The van der Waals surface area contributed by atoms with Crippen LogP contribution in [0.4, 0.5) is 0 Å². The molecule has 0 spiro atoms. The number of nitrogens with one attached hydrogen (secondary N) is 1. The van der Waals surface area contributed by atoms with Crippen molar-refractivity contribution in [2.24, 2.45) is 11.7 Å². The molecule has 0 bridgehead atoms. The van der Waals surface area contributed by atoms with Crippen LogP contribution in [0.3, 0.4) is 0 Å². The Hall–Kier alpha value is -0.850. The number of hydrogen-bond acceptors (Lipinski definition) is 4. The van der Waals surface area contributed by atoms with Gasteiger partial charge in [0.05, 0.1) is 0 Å². The van der Waals surface area contributed by atoms with Gasteiger partial charge in [0.25, 0.3) is 0 Å². The van der Waals surface area contributed by atoms with Gasteiger partial charge in [-0.25, -0.2) is 13.1 Å². The Bertz CT molecular complexity index is 547. The first-order chi connectivity index (χ1) is 9.19. The highest BCUT2D eigenvalue weighted by Crippen LogP contribution is 2.26. The molecule has 3 N–H and O–H groups in total. The van der Waals surface area contributed by atoms with Crippen molar-refractivity contribution in [2.45, 2.75) is 64.9 Å². The van der Waals surface area contributed by atoms with Gasteiger partial charge < -0.3 is 10.2 Å². The smallest absolute Gasteiger partial charge is 0.244 e. The Balaban J connectivity index is 2.94. The van der Waals surface area contributed by atoms with Gasteiger partial charge in [-0.2, -0.15) is 0 Å². The quantitative estimate of drug-likeness (QED) is 0.810. The van der Waals surface area contributed by atoms with E-state index in [9.17, 15) is 8.42 Å². The number of hydrogen-bond donors (Lipinski definition) is 2. The molecular weight excluding hydrogens is 276 g/mol. The average Bonchev–Trinajstić information content (AvgIpc) is 2.60. The van der Waals surface area contributed by atoms with Crippen LogP contribution >= 0.6 is 0 Å². The molecule has 0 aromatic carbocycles. The van der Waals surface area contributed by atoms with Gasteiger partial charge in [-0.05, 0) is 39.5 Å².